The van der Waals surface area contributed by atoms with Crippen LogP contribution in [0.15, 0.2) is 250 Å². The highest BCUT2D eigenvalue weighted by molar-refractivity contribution is 8.34. The van der Waals surface area contributed by atoms with E-state index < -0.39 is 10.0 Å². The molecule has 0 spiro atoms. The molecule has 0 fully saturated rings. The van der Waals surface area contributed by atoms with Crippen molar-refractivity contribution < 1.29 is 0 Å². The average molecular weight is 743 g/mol. The monoisotopic (exact) mass is 742 g/mol. The fourth-order valence-electron chi connectivity index (χ4n) is 9.00. The molecule has 0 saturated carbocycles. The summed E-state index contributed by atoms with van der Waals surface area (Å²) in [5.74, 6) is 0. The second-order valence-corrected chi connectivity index (χ2v) is 18.0. The number of rotatable bonds is 6. The Kier molecular flexibility index (Phi) is 8.01. The molecule has 0 aromatic heterocycles. The van der Waals surface area contributed by atoms with Gasteiger partial charge in [-0.1, -0.05) is 158 Å². The molecule has 11 aromatic carbocycles. The van der Waals surface area contributed by atoms with E-state index >= 15 is 0 Å². The maximum atomic E-state index is 2.44. The van der Waals surface area contributed by atoms with E-state index in [1.807, 2.05) is 0 Å². The highest BCUT2D eigenvalue weighted by Gasteiger charge is 2.33. The van der Waals surface area contributed by atoms with Gasteiger partial charge in [0.25, 0.3) is 0 Å². The van der Waals surface area contributed by atoms with Gasteiger partial charge in [0.05, 0.1) is 0 Å². The fraction of sp³-hybridized carbons (Fsp3) is 0. The van der Waals surface area contributed by atoms with Crippen molar-refractivity contribution in [2.75, 3.05) is 0 Å². The number of benzene rings is 11. The summed E-state index contributed by atoms with van der Waals surface area (Å²) in [6.07, 6.45) is 0. The van der Waals surface area contributed by atoms with Crippen LogP contribution in [-0.2, 0) is 0 Å². The van der Waals surface area contributed by atoms with E-state index in [4.69, 9.17) is 0 Å². The Morgan fingerprint density at radius 1 is 0.228 bits per heavy atom. The molecular weight excluding hydrogens is 705 g/mol. The molecule has 0 heterocycles. The van der Waals surface area contributed by atoms with Gasteiger partial charge in [-0.15, -0.1) is 10.0 Å². The van der Waals surface area contributed by atoms with Gasteiger partial charge in [-0.05, 0) is 149 Å². The molecule has 0 unspecified atom stereocenters. The van der Waals surface area contributed by atoms with Crippen LogP contribution in [0, 0.1) is 0 Å². The predicted molar refractivity (Wildman–Crippen MR) is 245 cm³/mol. The van der Waals surface area contributed by atoms with Crippen molar-refractivity contribution in [1.82, 2.24) is 0 Å². The molecule has 0 bridgehead atoms. The predicted octanol–water partition coefficient (Wildman–Crippen LogP) is 16.1. The van der Waals surface area contributed by atoms with Crippen LogP contribution in [0.5, 0.6) is 0 Å². The standard InChI is InChI=1S/C56H38S/c1-4-15-48(16-5-1)57(49-17-6-2-7-18-49,50-19-8-3-9-20-50)51-33-32-43-34-41(28-29-44(43)37-51)42-27-24-39-25-30-45(36-47(39)35-42)55-38-46-31-26-40-14-10-11-21-52(40)56(46)54-23-13-12-22-53(54)55/h1-38H. The van der Waals surface area contributed by atoms with Gasteiger partial charge in [0.15, 0.2) is 0 Å². The summed E-state index contributed by atoms with van der Waals surface area (Å²) < 4.78 is 0. The lowest BCUT2D eigenvalue weighted by Crippen LogP contribution is -2.05. The first kappa shape index (κ1) is 33.4. The molecule has 0 radical (unpaired) electrons. The van der Waals surface area contributed by atoms with Crippen molar-refractivity contribution >= 4 is 63.9 Å². The number of hydrogen-bond acceptors (Lipinski definition) is 0. The molecule has 0 atom stereocenters. The summed E-state index contributed by atoms with van der Waals surface area (Å²) in [6.45, 7) is 0. The summed E-state index contributed by atoms with van der Waals surface area (Å²) in [5, 5.41) is 12.7. The van der Waals surface area contributed by atoms with Gasteiger partial charge in [-0.2, -0.15) is 0 Å². The third kappa shape index (κ3) is 5.54. The Bertz CT molecular complexity index is 3180. The lowest BCUT2D eigenvalue weighted by molar-refractivity contribution is 1.25. The summed E-state index contributed by atoms with van der Waals surface area (Å²) >= 11 is 0. The van der Waals surface area contributed by atoms with Gasteiger partial charge in [-0.25, -0.2) is 0 Å². The van der Waals surface area contributed by atoms with Crippen LogP contribution >= 0.6 is 10.0 Å². The van der Waals surface area contributed by atoms with Crippen molar-refractivity contribution in [2.45, 2.75) is 19.6 Å². The lowest BCUT2D eigenvalue weighted by Gasteiger charge is -2.42. The summed E-state index contributed by atoms with van der Waals surface area (Å²) in [6, 6.07) is 85.7. The van der Waals surface area contributed by atoms with Crippen LogP contribution in [-0.4, -0.2) is 0 Å². The van der Waals surface area contributed by atoms with Gasteiger partial charge < -0.3 is 0 Å². The second-order valence-electron chi connectivity index (χ2n) is 14.9. The molecule has 0 aliphatic carbocycles. The highest BCUT2D eigenvalue weighted by Crippen LogP contribution is 2.73. The molecule has 11 rings (SSSR count). The maximum absolute atomic E-state index is 2.44. The fourth-order valence-corrected chi connectivity index (χ4v) is 12.9. The van der Waals surface area contributed by atoms with Crippen LogP contribution in [0.25, 0.3) is 76.1 Å². The first-order valence-electron chi connectivity index (χ1n) is 19.6. The molecule has 0 saturated heterocycles. The van der Waals surface area contributed by atoms with Gasteiger partial charge >= 0.3 is 0 Å². The third-order valence-corrected chi connectivity index (χ3v) is 15.6. The highest BCUT2D eigenvalue weighted by atomic mass is 32.3. The SMILES string of the molecule is c1ccc(S(c2ccccc2)(c2ccccc2)c2ccc3cc(-c4ccc5ccc(-c6cc7ccc8ccccc8c7c7ccccc67)cc5c4)ccc3c2)cc1. The molecule has 0 N–H and O–H groups in total. The van der Waals surface area contributed by atoms with Crippen LogP contribution in [0.4, 0.5) is 0 Å². The maximum Gasteiger partial charge on any atom is 0.00293 e. The Morgan fingerprint density at radius 2 is 0.684 bits per heavy atom. The van der Waals surface area contributed by atoms with E-state index in [9.17, 15) is 0 Å². The summed E-state index contributed by atoms with van der Waals surface area (Å²) in [4.78, 5) is 5.33. The van der Waals surface area contributed by atoms with E-state index in [1.165, 1.54) is 95.7 Å². The van der Waals surface area contributed by atoms with Crippen molar-refractivity contribution in [3.8, 4) is 22.3 Å². The van der Waals surface area contributed by atoms with E-state index in [-0.39, 0.29) is 0 Å². The molecule has 0 nitrogen and oxygen atoms in total. The van der Waals surface area contributed by atoms with Gasteiger partial charge in [0, 0.05) is 19.6 Å². The van der Waals surface area contributed by atoms with Crippen LogP contribution < -0.4 is 0 Å². The Hall–Kier alpha value is -6.93. The van der Waals surface area contributed by atoms with Gasteiger partial charge in [0.2, 0.25) is 0 Å². The zero-order valence-electron chi connectivity index (χ0n) is 31.3. The van der Waals surface area contributed by atoms with Crippen molar-refractivity contribution in [2.24, 2.45) is 0 Å². The molecule has 1 heteroatoms. The smallest absolute Gasteiger partial charge is 0.00293 e. The largest absolute Gasteiger partial charge is 0.133 e. The molecule has 0 aliphatic rings. The van der Waals surface area contributed by atoms with Crippen LogP contribution in [0.3, 0.4) is 0 Å². The first-order valence-corrected chi connectivity index (χ1v) is 21.3. The molecule has 11 aromatic rings. The van der Waals surface area contributed by atoms with Crippen molar-refractivity contribution in [3.05, 3.63) is 231 Å². The zero-order chi connectivity index (χ0) is 37.8. The van der Waals surface area contributed by atoms with E-state index in [1.54, 1.807) is 0 Å². The Balaban J connectivity index is 1.02. The molecule has 0 aliphatic heterocycles. The molecule has 0 amide bonds. The second kappa shape index (κ2) is 13.7. The summed E-state index contributed by atoms with van der Waals surface area (Å²) in [7, 11) is -1.75. The topological polar surface area (TPSA) is 0 Å². The normalized spacial score (nSPS) is 12.1. The molecular formula is C56H38S. The zero-order valence-corrected chi connectivity index (χ0v) is 32.2. The minimum absolute atomic E-state index is 1.22. The minimum atomic E-state index is -1.75. The van der Waals surface area contributed by atoms with E-state index in [2.05, 4.69) is 231 Å². The Morgan fingerprint density at radius 3 is 1.35 bits per heavy atom. The Labute approximate surface area is 334 Å². The van der Waals surface area contributed by atoms with Gasteiger partial charge in [0.1, 0.15) is 0 Å². The van der Waals surface area contributed by atoms with E-state index in [0.717, 1.165) is 0 Å². The quantitative estimate of drug-likeness (QED) is 0.149. The average Bonchev–Trinajstić information content (AvgIpc) is 3.29. The van der Waals surface area contributed by atoms with E-state index in [0.29, 0.717) is 0 Å². The minimum Gasteiger partial charge on any atom is -0.133 e. The number of hydrogen-bond donors (Lipinski definition) is 0. The third-order valence-electron chi connectivity index (χ3n) is 11.7. The van der Waals surface area contributed by atoms with Gasteiger partial charge in [-0.3, -0.25) is 0 Å². The first-order chi connectivity index (χ1) is 28.2. The number of fused-ring (bicyclic) bond motifs is 7. The summed E-state index contributed by atoms with van der Waals surface area (Å²) in [5.41, 5.74) is 4.94. The molecule has 268 valence electrons. The van der Waals surface area contributed by atoms with Crippen molar-refractivity contribution in [1.29, 1.82) is 0 Å². The van der Waals surface area contributed by atoms with Crippen LogP contribution in [0.2, 0.25) is 0 Å². The van der Waals surface area contributed by atoms with Crippen LogP contribution in [0.1, 0.15) is 0 Å². The molecule has 57 heavy (non-hydrogen) atoms. The lowest BCUT2D eigenvalue weighted by atomic mass is 9.90. The van der Waals surface area contributed by atoms with Crippen molar-refractivity contribution in [3.63, 3.8) is 0 Å².